The van der Waals surface area contributed by atoms with Gasteiger partial charge in [-0.3, -0.25) is 0 Å². The Morgan fingerprint density at radius 1 is 0.647 bits per heavy atom. The summed E-state index contributed by atoms with van der Waals surface area (Å²) in [4.78, 5) is 0. The van der Waals surface area contributed by atoms with E-state index in [1.807, 2.05) is 0 Å². The van der Waals surface area contributed by atoms with E-state index in [2.05, 4.69) is 13.8 Å². The van der Waals surface area contributed by atoms with Crippen molar-refractivity contribution in [3.8, 4) is 0 Å². The molecule has 17 heavy (non-hydrogen) atoms. The third-order valence-electron chi connectivity index (χ3n) is 2.82. The fraction of sp³-hybridized carbons (Fsp3) is 1.00. The van der Waals surface area contributed by atoms with E-state index in [1.54, 1.807) is 0 Å². The first-order chi connectivity index (χ1) is 8.33. The number of hydrogen-bond acceptors (Lipinski definition) is 2. The van der Waals surface area contributed by atoms with Gasteiger partial charge in [-0.1, -0.05) is 71.6 Å². The van der Waals surface area contributed by atoms with Crippen molar-refractivity contribution in [3.05, 3.63) is 0 Å². The lowest BCUT2D eigenvalue weighted by atomic mass is 10.1. The normalized spacial score (nSPS) is 9.88. The average molecular weight is 245 g/mol. The van der Waals surface area contributed by atoms with Crippen LogP contribution in [0.3, 0.4) is 0 Å². The minimum atomic E-state index is 0.370. The molecule has 0 unspecified atom stereocenters. The fourth-order valence-corrected chi connectivity index (χ4v) is 1.64. The van der Waals surface area contributed by atoms with Crippen molar-refractivity contribution in [1.82, 2.24) is 0 Å². The molecule has 0 amide bonds. The highest BCUT2D eigenvalue weighted by atomic mass is 16.2. The van der Waals surface area contributed by atoms with Crippen molar-refractivity contribution in [2.45, 2.75) is 84.5 Å². The summed E-state index contributed by atoms with van der Waals surface area (Å²) in [6.45, 7) is 5.64. The highest BCUT2D eigenvalue weighted by Crippen LogP contribution is 2.07. The molecule has 0 aromatic heterocycles. The molecule has 0 aromatic rings. The van der Waals surface area contributed by atoms with Crippen molar-refractivity contribution in [3.63, 3.8) is 0 Å². The maximum Gasteiger partial charge on any atom is 0.0431 e. The number of hydrogen-bond donors (Lipinski definition) is 2. The van der Waals surface area contributed by atoms with Crippen LogP contribution in [0.5, 0.6) is 0 Å². The van der Waals surface area contributed by atoms with Gasteiger partial charge in [0.15, 0.2) is 0 Å². The van der Waals surface area contributed by atoms with Crippen molar-refractivity contribution in [2.75, 3.05) is 13.2 Å². The van der Waals surface area contributed by atoms with Crippen molar-refractivity contribution in [1.29, 1.82) is 0 Å². The van der Waals surface area contributed by atoms with E-state index in [1.165, 1.54) is 64.2 Å². The van der Waals surface area contributed by atoms with Gasteiger partial charge in [0.25, 0.3) is 0 Å². The van der Waals surface area contributed by atoms with Crippen LogP contribution in [0.25, 0.3) is 0 Å². The van der Waals surface area contributed by atoms with E-state index < -0.39 is 0 Å². The van der Waals surface area contributed by atoms with E-state index in [0.717, 1.165) is 13.0 Å². The Hall–Kier alpha value is -0.0800. The van der Waals surface area contributed by atoms with Gasteiger partial charge in [0.05, 0.1) is 0 Å². The van der Waals surface area contributed by atoms with E-state index in [0.29, 0.717) is 6.61 Å². The van der Waals surface area contributed by atoms with Gasteiger partial charge in [0, 0.05) is 6.61 Å². The van der Waals surface area contributed by atoms with Crippen molar-refractivity contribution < 1.29 is 5.11 Å². The van der Waals surface area contributed by atoms with Crippen LogP contribution in [0.15, 0.2) is 0 Å². The monoisotopic (exact) mass is 245 g/mol. The summed E-state index contributed by atoms with van der Waals surface area (Å²) in [6, 6.07) is 0. The summed E-state index contributed by atoms with van der Waals surface area (Å²) >= 11 is 0. The number of unbranched alkanes of at least 4 members (excludes halogenated alkanes) is 9. The lowest BCUT2D eigenvalue weighted by Gasteiger charge is -1.98. The van der Waals surface area contributed by atoms with Crippen LogP contribution >= 0.6 is 0 Å². The third-order valence-corrected chi connectivity index (χ3v) is 2.82. The molecule has 2 nitrogen and oxygen atoms in total. The van der Waals surface area contributed by atoms with Gasteiger partial charge in [-0.05, 0) is 19.4 Å². The number of nitrogens with two attached hydrogens (primary N) is 1. The summed E-state index contributed by atoms with van der Waals surface area (Å²) < 4.78 is 0. The minimum Gasteiger partial charge on any atom is -0.396 e. The van der Waals surface area contributed by atoms with Crippen LogP contribution in [0.2, 0.25) is 0 Å². The molecule has 0 aliphatic heterocycles. The van der Waals surface area contributed by atoms with Crippen LogP contribution < -0.4 is 5.73 Å². The zero-order valence-corrected chi connectivity index (χ0v) is 12.2. The van der Waals surface area contributed by atoms with Gasteiger partial charge < -0.3 is 10.8 Å². The molecule has 0 rings (SSSR count). The SMILES string of the molecule is CCCCCCCCCCO.CCCCCN. The van der Waals surface area contributed by atoms with Gasteiger partial charge >= 0.3 is 0 Å². The Morgan fingerprint density at radius 3 is 1.41 bits per heavy atom. The van der Waals surface area contributed by atoms with Crippen LogP contribution in [0.1, 0.15) is 84.5 Å². The third kappa shape index (κ3) is 25.9. The number of aliphatic hydroxyl groups excluding tert-OH is 1. The second-order valence-electron chi connectivity index (χ2n) is 4.69. The first kappa shape index (κ1) is 19.3. The first-order valence-corrected chi connectivity index (χ1v) is 7.64. The van der Waals surface area contributed by atoms with Crippen LogP contribution in [-0.4, -0.2) is 18.3 Å². The highest BCUT2D eigenvalue weighted by Gasteiger charge is 1.89. The molecule has 3 N–H and O–H groups in total. The molecule has 0 bridgehead atoms. The summed E-state index contributed by atoms with van der Waals surface area (Å²) in [5, 5.41) is 8.51. The minimum absolute atomic E-state index is 0.370. The lowest BCUT2D eigenvalue weighted by Crippen LogP contribution is -1.96. The van der Waals surface area contributed by atoms with Gasteiger partial charge in [-0.15, -0.1) is 0 Å². The maximum absolute atomic E-state index is 8.51. The molecule has 0 saturated carbocycles. The zero-order valence-electron chi connectivity index (χ0n) is 12.2. The molecular weight excluding hydrogens is 210 g/mol. The lowest BCUT2D eigenvalue weighted by molar-refractivity contribution is 0.282. The quantitative estimate of drug-likeness (QED) is 0.534. The van der Waals surface area contributed by atoms with E-state index in [4.69, 9.17) is 10.8 Å². The van der Waals surface area contributed by atoms with E-state index in [9.17, 15) is 0 Å². The zero-order chi connectivity index (χ0) is 13.2. The molecule has 0 radical (unpaired) electrons. The van der Waals surface area contributed by atoms with Gasteiger partial charge in [0.1, 0.15) is 0 Å². The molecule has 2 heteroatoms. The second-order valence-corrected chi connectivity index (χ2v) is 4.69. The van der Waals surface area contributed by atoms with Crippen molar-refractivity contribution >= 4 is 0 Å². The number of rotatable bonds is 11. The van der Waals surface area contributed by atoms with E-state index >= 15 is 0 Å². The standard InChI is InChI=1S/C10H22O.C5H13N/c1-2-3-4-5-6-7-8-9-10-11;1-2-3-4-5-6/h11H,2-10H2,1H3;2-6H2,1H3. The molecule has 0 aliphatic rings. The average Bonchev–Trinajstić information content (AvgIpc) is 2.36. The highest BCUT2D eigenvalue weighted by molar-refractivity contribution is 4.44. The Morgan fingerprint density at radius 2 is 1.06 bits per heavy atom. The number of aliphatic hydroxyl groups is 1. The Bertz CT molecular complexity index is 95.1. The van der Waals surface area contributed by atoms with E-state index in [-0.39, 0.29) is 0 Å². The van der Waals surface area contributed by atoms with Gasteiger partial charge in [-0.2, -0.15) is 0 Å². The van der Waals surface area contributed by atoms with Crippen molar-refractivity contribution in [2.24, 2.45) is 5.73 Å². The molecule has 0 heterocycles. The smallest absolute Gasteiger partial charge is 0.0431 e. The molecule has 0 saturated heterocycles. The first-order valence-electron chi connectivity index (χ1n) is 7.64. The summed E-state index contributed by atoms with van der Waals surface area (Å²) in [5.74, 6) is 0. The maximum atomic E-state index is 8.51. The van der Waals surface area contributed by atoms with Crippen LogP contribution in [0.4, 0.5) is 0 Å². The Kier molecular flexibility index (Phi) is 24.1. The van der Waals surface area contributed by atoms with Crippen LogP contribution in [-0.2, 0) is 0 Å². The molecular formula is C15H35NO. The molecule has 0 spiro atoms. The van der Waals surface area contributed by atoms with Gasteiger partial charge in [-0.25, -0.2) is 0 Å². The van der Waals surface area contributed by atoms with Gasteiger partial charge in [0.2, 0.25) is 0 Å². The second kappa shape index (κ2) is 21.2. The predicted octanol–water partition coefficient (Wildman–Crippen LogP) is 4.25. The fourth-order valence-electron chi connectivity index (χ4n) is 1.64. The summed E-state index contributed by atoms with van der Waals surface area (Å²) in [6.07, 6.45) is 14.1. The molecule has 0 atom stereocenters. The molecule has 0 fully saturated rings. The molecule has 0 aliphatic carbocycles. The Labute approximate surface area is 109 Å². The predicted molar refractivity (Wildman–Crippen MR) is 78.3 cm³/mol. The molecule has 0 aromatic carbocycles. The topological polar surface area (TPSA) is 46.2 Å². The Balaban J connectivity index is 0. The largest absolute Gasteiger partial charge is 0.396 e. The summed E-state index contributed by atoms with van der Waals surface area (Å²) in [7, 11) is 0. The summed E-state index contributed by atoms with van der Waals surface area (Å²) in [5.41, 5.74) is 5.21. The van der Waals surface area contributed by atoms with Crippen LogP contribution in [0, 0.1) is 0 Å². The molecule has 106 valence electrons.